The van der Waals surface area contributed by atoms with Crippen molar-refractivity contribution in [3.8, 4) is 0 Å². The highest BCUT2D eigenvalue weighted by Gasteiger charge is 2.40. The normalized spacial score (nSPS) is 25.6. The van der Waals surface area contributed by atoms with Crippen LogP contribution in [0.4, 0.5) is 0 Å². The number of primary amides is 1. The van der Waals surface area contributed by atoms with Crippen molar-refractivity contribution in [2.24, 2.45) is 11.7 Å². The molecule has 0 spiro atoms. The zero-order valence-corrected chi connectivity index (χ0v) is 11.1. The van der Waals surface area contributed by atoms with Gasteiger partial charge in [0.05, 0.1) is 5.92 Å². The highest BCUT2D eigenvalue weighted by atomic mass is 16.5. The molecule has 2 rings (SSSR count). The van der Waals surface area contributed by atoms with Gasteiger partial charge in [-0.15, -0.1) is 0 Å². The fourth-order valence-corrected chi connectivity index (χ4v) is 2.79. The number of carbonyl (C=O) groups is 3. The monoisotopic (exact) mass is 268 g/mol. The van der Waals surface area contributed by atoms with Crippen LogP contribution in [0.15, 0.2) is 0 Å². The van der Waals surface area contributed by atoms with Crippen LogP contribution in [-0.4, -0.2) is 41.4 Å². The van der Waals surface area contributed by atoms with E-state index in [1.165, 1.54) is 6.92 Å². The maximum Gasteiger partial charge on any atom is 0.312 e. The van der Waals surface area contributed by atoms with Crippen LogP contribution in [-0.2, 0) is 19.1 Å². The van der Waals surface area contributed by atoms with E-state index >= 15 is 0 Å². The summed E-state index contributed by atoms with van der Waals surface area (Å²) in [7, 11) is 0. The molecular formula is C13H20N2O4. The summed E-state index contributed by atoms with van der Waals surface area (Å²) in [6, 6.07) is 0.277. The van der Waals surface area contributed by atoms with Crippen LogP contribution in [0, 0.1) is 5.92 Å². The van der Waals surface area contributed by atoms with Crippen molar-refractivity contribution in [1.29, 1.82) is 0 Å². The van der Waals surface area contributed by atoms with E-state index < -0.39 is 23.9 Å². The number of ether oxygens (including phenoxy) is 1. The van der Waals surface area contributed by atoms with Crippen LogP contribution in [0.2, 0.25) is 0 Å². The Balaban J connectivity index is 1.91. The van der Waals surface area contributed by atoms with Crippen molar-refractivity contribution >= 4 is 17.8 Å². The Labute approximate surface area is 112 Å². The fourth-order valence-electron chi connectivity index (χ4n) is 2.79. The third-order valence-electron chi connectivity index (χ3n) is 3.95. The number of rotatable bonds is 4. The number of nitrogens with two attached hydrogens (primary N) is 1. The van der Waals surface area contributed by atoms with Crippen molar-refractivity contribution < 1.29 is 19.1 Å². The van der Waals surface area contributed by atoms with Crippen molar-refractivity contribution in [2.45, 2.75) is 51.2 Å². The Hall–Kier alpha value is -1.59. The van der Waals surface area contributed by atoms with E-state index in [0.717, 1.165) is 25.7 Å². The first-order chi connectivity index (χ1) is 8.99. The van der Waals surface area contributed by atoms with Gasteiger partial charge in [-0.25, -0.2) is 0 Å². The molecule has 0 aromatic carbocycles. The summed E-state index contributed by atoms with van der Waals surface area (Å²) in [5.41, 5.74) is 5.04. The molecule has 0 aromatic rings. The molecule has 2 amide bonds. The molecule has 0 unspecified atom stereocenters. The second-order valence-electron chi connectivity index (χ2n) is 5.37. The SMILES string of the molecule is C[C@@H](OC(=O)[C@H]1CC(=O)N(C2CCCC2)C1)C(N)=O. The largest absolute Gasteiger partial charge is 0.452 e. The molecule has 1 saturated heterocycles. The first kappa shape index (κ1) is 13.8. The molecule has 0 radical (unpaired) electrons. The Morgan fingerprint density at radius 3 is 2.58 bits per heavy atom. The van der Waals surface area contributed by atoms with Gasteiger partial charge < -0.3 is 15.4 Å². The highest BCUT2D eigenvalue weighted by molar-refractivity contribution is 5.88. The number of amides is 2. The summed E-state index contributed by atoms with van der Waals surface area (Å²) in [5, 5.41) is 0. The zero-order valence-electron chi connectivity index (χ0n) is 11.1. The molecule has 2 aliphatic rings. The van der Waals surface area contributed by atoms with Crippen molar-refractivity contribution in [3.63, 3.8) is 0 Å². The lowest BCUT2D eigenvalue weighted by molar-refractivity contribution is -0.157. The molecular weight excluding hydrogens is 248 g/mol. The van der Waals surface area contributed by atoms with Crippen molar-refractivity contribution in [1.82, 2.24) is 4.90 Å². The lowest BCUT2D eigenvalue weighted by Gasteiger charge is -2.23. The van der Waals surface area contributed by atoms with Gasteiger partial charge in [0, 0.05) is 19.0 Å². The first-order valence-electron chi connectivity index (χ1n) is 6.78. The van der Waals surface area contributed by atoms with E-state index in [4.69, 9.17) is 10.5 Å². The fraction of sp³-hybridized carbons (Fsp3) is 0.769. The van der Waals surface area contributed by atoms with E-state index in [9.17, 15) is 14.4 Å². The first-order valence-corrected chi connectivity index (χ1v) is 6.78. The summed E-state index contributed by atoms with van der Waals surface area (Å²) in [6.07, 6.45) is 3.56. The standard InChI is InChI=1S/C13H20N2O4/c1-8(12(14)17)19-13(18)9-6-11(16)15(7-9)10-4-2-3-5-10/h8-10H,2-7H2,1H3,(H2,14,17)/t8-,9+/m1/s1. The molecule has 2 fully saturated rings. The third kappa shape index (κ3) is 3.05. The van der Waals surface area contributed by atoms with Gasteiger partial charge >= 0.3 is 5.97 Å². The van der Waals surface area contributed by atoms with Gasteiger partial charge in [-0.3, -0.25) is 14.4 Å². The summed E-state index contributed by atoms with van der Waals surface area (Å²) in [4.78, 5) is 36.4. The molecule has 2 N–H and O–H groups in total. The van der Waals surface area contributed by atoms with Gasteiger partial charge in [-0.1, -0.05) is 12.8 Å². The van der Waals surface area contributed by atoms with Gasteiger partial charge in [0.25, 0.3) is 5.91 Å². The number of likely N-dealkylation sites (tertiary alicyclic amines) is 1. The van der Waals surface area contributed by atoms with Crippen LogP contribution in [0.3, 0.4) is 0 Å². The Morgan fingerprint density at radius 2 is 2.00 bits per heavy atom. The Kier molecular flexibility index (Phi) is 4.07. The van der Waals surface area contributed by atoms with Crippen molar-refractivity contribution in [2.75, 3.05) is 6.54 Å². The number of carbonyl (C=O) groups excluding carboxylic acids is 3. The van der Waals surface area contributed by atoms with Gasteiger partial charge in [0.1, 0.15) is 0 Å². The van der Waals surface area contributed by atoms with E-state index in [1.54, 1.807) is 4.90 Å². The summed E-state index contributed by atoms with van der Waals surface area (Å²) < 4.78 is 4.96. The van der Waals surface area contributed by atoms with Crippen LogP contribution in [0.5, 0.6) is 0 Å². The predicted octanol–water partition coefficient (Wildman–Crippen LogP) is 0.195. The lowest BCUT2D eigenvalue weighted by atomic mass is 10.1. The average Bonchev–Trinajstić information content (AvgIpc) is 2.97. The predicted molar refractivity (Wildman–Crippen MR) is 66.8 cm³/mol. The summed E-state index contributed by atoms with van der Waals surface area (Å²) in [5.74, 6) is -1.62. The highest BCUT2D eigenvalue weighted by Crippen LogP contribution is 2.29. The van der Waals surface area contributed by atoms with Crippen molar-refractivity contribution in [3.05, 3.63) is 0 Å². The molecule has 6 heteroatoms. The molecule has 2 atom stereocenters. The van der Waals surface area contributed by atoms with Crippen LogP contribution in [0.25, 0.3) is 0 Å². The maximum absolute atomic E-state index is 11.9. The summed E-state index contributed by atoms with van der Waals surface area (Å²) >= 11 is 0. The van der Waals surface area contributed by atoms with E-state index in [2.05, 4.69) is 0 Å². The molecule has 19 heavy (non-hydrogen) atoms. The van der Waals surface area contributed by atoms with E-state index in [-0.39, 0.29) is 18.4 Å². The Bertz CT molecular complexity index is 390. The molecule has 1 aliphatic carbocycles. The second-order valence-corrected chi connectivity index (χ2v) is 5.37. The molecule has 1 saturated carbocycles. The number of esters is 1. The second kappa shape index (κ2) is 5.59. The van der Waals surface area contributed by atoms with Gasteiger partial charge in [0.15, 0.2) is 6.10 Å². The molecule has 6 nitrogen and oxygen atoms in total. The molecule has 1 heterocycles. The minimum Gasteiger partial charge on any atom is -0.452 e. The Morgan fingerprint density at radius 1 is 1.37 bits per heavy atom. The van der Waals surface area contributed by atoms with Crippen LogP contribution >= 0.6 is 0 Å². The van der Waals surface area contributed by atoms with E-state index in [1.807, 2.05) is 0 Å². The molecule has 0 aromatic heterocycles. The maximum atomic E-state index is 11.9. The number of hydrogen-bond donors (Lipinski definition) is 1. The zero-order chi connectivity index (χ0) is 14.0. The lowest BCUT2D eigenvalue weighted by Crippen LogP contribution is -2.36. The van der Waals surface area contributed by atoms with Gasteiger partial charge in [-0.2, -0.15) is 0 Å². The number of hydrogen-bond acceptors (Lipinski definition) is 4. The summed E-state index contributed by atoms with van der Waals surface area (Å²) in [6.45, 7) is 1.85. The number of nitrogens with zero attached hydrogens (tertiary/aromatic N) is 1. The quantitative estimate of drug-likeness (QED) is 0.737. The molecule has 106 valence electrons. The van der Waals surface area contributed by atoms with E-state index in [0.29, 0.717) is 6.54 Å². The topological polar surface area (TPSA) is 89.7 Å². The van der Waals surface area contributed by atoms with Gasteiger partial charge in [0.2, 0.25) is 5.91 Å². The average molecular weight is 268 g/mol. The minimum absolute atomic E-state index is 0.0144. The van der Waals surface area contributed by atoms with Gasteiger partial charge in [-0.05, 0) is 19.8 Å². The minimum atomic E-state index is -0.942. The smallest absolute Gasteiger partial charge is 0.312 e. The molecule has 0 bridgehead atoms. The van der Waals surface area contributed by atoms with Crippen LogP contribution in [0.1, 0.15) is 39.0 Å². The van der Waals surface area contributed by atoms with Crippen LogP contribution < -0.4 is 5.73 Å². The molecule has 1 aliphatic heterocycles. The third-order valence-corrected chi connectivity index (χ3v) is 3.95.